The Labute approximate surface area is 185 Å². The van der Waals surface area contributed by atoms with Gasteiger partial charge in [-0.15, -0.1) is 0 Å². The average Bonchev–Trinajstić information content (AvgIpc) is 3.31. The lowest BCUT2D eigenvalue weighted by Gasteiger charge is -2.13. The number of imide groups is 1. The number of aromatic nitrogens is 2. The van der Waals surface area contributed by atoms with Crippen LogP contribution in [0.5, 0.6) is 0 Å². The monoisotopic (exact) mass is 452 g/mol. The van der Waals surface area contributed by atoms with Gasteiger partial charge in [0.15, 0.2) is 5.16 Å². The molecule has 0 aliphatic heterocycles. The van der Waals surface area contributed by atoms with E-state index in [-0.39, 0.29) is 23.1 Å². The normalized spacial score (nSPS) is 10.8. The number of fused-ring (bicyclic) bond motifs is 1. The molecule has 2 N–H and O–H groups in total. The van der Waals surface area contributed by atoms with Crippen LogP contribution in [-0.4, -0.2) is 27.2 Å². The molecule has 2 heterocycles. The number of nitrogens with one attached hydrogen (secondary N) is 2. The smallest absolute Gasteiger partial charge is 0.321 e. The minimum atomic E-state index is -0.690. The molecule has 3 amide bonds. The van der Waals surface area contributed by atoms with Gasteiger partial charge in [0.25, 0.3) is 5.56 Å². The number of para-hydroxylation sites is 2. The van der Waals surface area contributed by atoms with Gasteiger partial charge in [0, 0.05) is 0 Å². The van der Waals surface area contributed by atoms with E-state index in [2.05, 4.69) is 15.6 Å². The highest BCUT2D eigenvalue weighted by Gasteiger charge is 2.17. The van der Waals surface area contributed by atoms with E-state index >= 15 is 0 Å². The number of rotatable bonds is 6. The minimum absolute atomic E-state index is 0.0230. The third-order valence-corrected chi connectivity index (χ3v) is 5.37. The number of thioether (sulfide) groups is 1. The number of benzene rings is 2. The maximum Gasteiger partial charge on any atom is 0.321 e. The van der Waals surface area contributed by atoms with Crippen molar-refractivity contribution in [3.05, 3.63) is 88.9 Å². The third kappa shape index (κ3) is 4.70. The number of furan rings is 1. The van der Waals surface area contributed by atoms with Crippen molar-refractivity contribution in [2.45, 2.75) is 11.7 Å². The van der Waals surface area contributed by atoms with E-state index < -0.39 is 23.3 Å². The summed E-state index contributed by atoms with van der Waals surface area (Å²) in [7, 11) is 0. The minimum Gasteiger partial charge on any atom is -0.467 e. The fourth-order valence-corrected chi connectivity index (χ4v) is 3.78. The summed E-state index contributed by atoms with van der Waals surface area (Å²) in [6, 6.07) is 15.2. The summed E-state index contributed by atoms with van der Waals surface area (Å²) in [6.45, 7) is 0.123. The molecule has 0 fully saturated rings. The fraction of sp³-hybridized carbons (Fsp3) is 0.0909. The van der Waals surface area contributed by atoms with Crippen LogP contribution in [0.15, 0.2) is 81.3 Å². The lowest BCUT2D eigenvalue weighted by Crippen LogP contribution is -2.40. The molecule has 0 aliphatic carbocycles. The Morgan fingerprint density at radius 2 is 1.84 bits per heavy atom. The molecule has 162 valence electrons. The molecule has 0 radical (unpaired) electrons. The number of urea groups is 1. The van der Waals surface area contributed by atoms with Gasteiger partial charge in [0.05, 0.1) is 35.2 Å². The first-order valence-electron chi connectivity index (χ1n) is 9.52. The van der Waals surface area contributed by atoms with Gasteiger partial charge in [-0.05, 0) is 36.4 Å². The summed E-state index contributed by atoms with van der Waals surface area (Å²) in [5.41, 5.74) is -0.0150. The molecular weight excluding hydrogens is 435 g/mol. The molecule has 0 unspecified atom stereocenters. The lowest BCUT2D eigenvalue weighted by atomic mass is 10.2. The molecular formula is C22H17FN4O4S. The predicted molar refractivity (Wildman–Crippen MR) is 117 cm³/mol. The van der Waals surface area contributed by atoms with Crippen molar-refractivity contribution < 1.29 is 18.4 Å². The van der Waals surface area contributed by atoms with Crippen molar-refractivity contribution >= 4 is 34.6 Å². The molecule has 0 saturated heterocycles. The molecule has 32 heavy (non-hydrogen) atoms. The van der Waals surface area contributed by atoms with E-state index in [1.54, 1.807) is 42.5 Å². The number of hydrogen-bond acceptors (Lipinski definition) is 6. The zero-order valence-corrected chi connectivity index (χ0v) is 17.4. The summed E-state index contributed by atoms with van der Waals surface area (Å²) in [5, 5.41) is 5.14. The molecule has 0 aliphatic rings. The molecule has 2 aromatic carbocycles. The van der Waals surface area contributed by atoms with Gasteiger partial charge in [-0.2, -0.15) is 0 Å². The third-order valence-electron chi connectivity index (χ3n) is 4.43. The van der Waals surface area contributed by atoms with Crippen molar-refractivity contribution in [2.75, 3.05) is 5.75 Å². The molecule has 8 nitrogen and oxygen atoms in total. The van der Waals surface area contributed by atoms with Gasteiger partial charge in [-0.25, -0.2) is 14.2 Å². The number of amides is 3. The standard InChI is InChI=1S/C22H17FN4O4S/c23-16-8-2-4-10-18(16)27-20(29)15-7-1-3-9-17(15)25-22(27)32-13-19(28)26-21(30)24-12-14-6-5-11-31-14/h1-11H,12-13H2,(H2,24,26,28,30). The highest BCUT2D eigenvalue weighted by Crippen LogP contribution is 2.22. The fourth-order valence-electron chi connectivity index (χ4n) is 2.97. The number of carbonyl (C=O) groups is 2. The highest BCUT2D eigenvalue weighted by atomic mass is 32.2. The summed E-state index contributed by atoms with van der Waals surface area (Å²) in [5.74, 6) is -0.881. The zero-order chi connectivity index (χ0) is 22.5. The van der Waals surface area contributed by atoms with E-state index in [1.165, 1.54) is 24.5 Å². The van der Waals surface area contributed by atoms with Crippen molar-refractivity contribution in [3.8, 4) is 5.69 Å². The molecule has 4 aromatic rings. The van der Waals surface area contributed by atoms with Gasteiger partial charge in [-0.3, -0.25) is 19.5 Å². The number of hydrogen-bond donors (Lipinski definition) is 2. The van der Waals surface area contributed by atoms with E-state index in [4.69, 9.17) is 4.42 Å². The Balaban J connectivity index is 1.54. The summed E-state index contributed by atoms with van der Waals surface area (Å²) >= 11 is 0.920. The first-order valence-corrected chi connectivity index (χ1v) is 10.5. The van der Waals surface area contributed by atoms with Crippen molar-refractivity contribution in [3.63, 3.8) is 0 Å². The summed E-state index contributed by atoms with van der Waals surface area (Å²) < 4.78 is 20.7. The van der Waals surface area contributed by atoms with Crippen LogP contribution in [-0.2, 0) is 11.3 Å². The highest BCUT2D eigenvalue weighted by molar-refractivity contribution is 7.99. The van der Waals surface area contributed by atoms with Crippen LogP contribution in [0.3, 0.4) is 0 Å². The number of carbonyl (C=O) groups excluding carboxylic acids is 2. The Morgan fingerprint density at radius 1 is 1.06 bits per heavy atom. The van der Waals surface area contributed by atoms with Crippen LogP contribution >= 0.6 is 11.8 Å². The second-order valence-corrected chi connectivity index (χ2v) is 7.54. The predicted octanol–water partition coefficient (Wildman–Crippen LogP) is 3.24. The molecule has 0 spiro atoms. The Kier molecular flexibility index (Phi) is 6.31. The van der Waals surface area contributed by atoms with Crippen LogP contribution in [0, 0.1) is 5.82 Å². The van der Waals surface area contributed by atoms with Gasteiger partial charge >= 0.3 is 6.03 Å². The van der Waals surface area contributed by atoms with Crippen LogP contribution in [0.2, 0.25) is 0 Å². The zero-order valence-electron chi connectivity index (χ0n) is 16.6. The maximum absolute atomic E-state index is 14.5. The van der Waals surface area contributed by atoms with Gasteiger partial charge in [-0.1, -0.05) is 36.0 Å². The molecule has 0 atom stereocenters. The van der Waals surface area contributed by atoms with Crippen molar-refractivity contribution in [1.29, 1.82) is 0 Å². The summed E-state index contributed by atoms with van der Waals surface area (Å²) in [4.78, 5) is 41.7. The second-order valence-electron chi connectivity index (χ2n) is 6.60. The molecule has 4 rings (SSSR count). The van der Waals surface area contributed by atoms with Crippen LogP contribution in [0.4, 0.5) is 9.18 Å². The summed E-state index contributed by atoms with van der Waals surface area (Å²) in [6.07, 6.45) is 1.47. The van der Waals surface area contributed by atoms with Gasteiger partial charge < -0.3 is 9.73 Å². The molecule has 0 saturated carbocycles. The average molecular weight is 452 g/mol. The maximum atomic E-state index is 14.5. The first-order chi connectivity index (χ1) is 15.5. The SMILES string of the molecule is O=C(CSc1nc2ccccc2c(=O)n1-c1ccccc1F)NC(=O)NCc1ccco1. The van der Waals surface area contributed by atoms with Gasteiger partial charge in [0.1, 0.15) is 11.6 Å². The Hall–Kier alpha value is -3.92. The van der Waals surface area contributed by atoms with Crippen LogP contribution in [0.25, 0.3) is 16.6 Å². The van der Waals surface area contributed by atoms with E-state index in [0.29, 0.717) is 16.7 Å². The quantitative estimate of drug-likeness (QED) is 0.344. The molecule has 0 bridgehead atoms. The van der Waals surface area contributed by atoms with E-state index in [1.807, 2.05) is 0 Å². The Morgan fingerprint density at radius 3 is 2.62 bits per heavy atom. The van der Waals surface area contributed by atoms with Crippen LogP contribution < -0.4 is 16.2 Å². The first kappa shape index (κ1) is 21.3. The van der Waals surface area contributed by atoms with Gasteiger partial charge in [0.2, 0.25) is 5.91 Å². The molecule has 10 heteroatoms. The lowest BCUT2D eigenvalue weighted by molar-refractivity contribution is -0.117. The van der Waals surface area contributed by atoms with Crippen molar-refractivity contribution in [2.24, 2.45) is 0 Å². The largest absolute Gasteiger partial charge is 0.467 e. The van der Waals surface area contributed by atoms with Crippen molar-refractivity contribution in [1.82, 2.24) is 20.2 Å². The topological polar surface area (TPSA) is 106 Å². The van der Waals surface area contributed by atoms with Crippen LogP contribution in [0.1, 0.15) is 5.76 Å². The second kappa shape index (κ2) is 9.48. The molecule has 2 aromatic heterocycles. The van der Waals surface area contributed by atoms with E-state index in [9.17, 15) is 18.8 Å². The number of halogens is 1. The Bertz CT molecular complexity index is 1340. The number of nitrogens with zero attached hydrogens (tertiary/aromatic N) is 2. The van der Waals surface area contributed by atoms with E-state index in [0.717, 1.165) is 16.3 Å².